The second kappa shape index (κ2) is 1.86. The highest BCUT2D eigenvalue weighted by atomic mass is 19.1. The van der Waals surface area contributed by atoms with Crippen LogP contribution in [0, 0.1) is 0 Å². The van der Waals surface area contributed by atoms with Crippen LogP contribution in [-0.2, 0) is 0 Å². The molecule has 0 aromatic carbocycles. The molecule has 0 fully saturated rings. The molecule has 0 saturated carbocycles. The number of hydrogen-bond acceptors (Lipinski definition) is 2. The van der Waals surface area contributed by atoms with Gasteiger partial charge in [-0.1, -0.05) is 0 Å². The van der Waals surface area contributed by atoms with Gasteiger partial charge >= 0.3 is 0 Å². The van der Waals surface area contributed by atoms with Crippen molar-refractivity contribution >= 4 is 0 Å². The minimum atomic E-state index is -0.320. The van der Waals surface area contributed by atoms with Crippen molar-refractivity contribution in [2.75, 3.05) is 6.54 Å². The third-order valence-corrected chi connectivity index (χ3v) is 0.905. The van der Waals surface area contributed by atoms with Crippen LogP contribution in [0.5, 0.6) is 0 Å². The fourth-order valence-corrected chi connectivity index (χ4v) is 0.485. The van der Waals surface area contributed by atoms with Crippen molar-refractivity contribution in [3.8, 4) is 0 Å². The normalized spacial score (nSPS) is 18.6. The van der Waals surface area contributed by atoms with Gasteiger partial charge in [-0.05, 0) is 12.2 Å². The van der Waals surface area contributed by atoms with Gasteiger partial charge in [-0.2, -0.15) is 4.39 Å². The molecule has 3 heteroatoms. The van der Waals surface area contributed by atoms with Crippen molar-refractivity contribution in [2.45, 2.75) is 0 Å². The minimum absolute atomic E-state index is 0.320. The van der Waals surface area contributed by atoms with Crippen molar-refractivity contribution in [1.29, 1.82) is 0 Å². The van der Waals surface area contributed by atoms with Crippen LogP contribution in [0.1, 0.15) is 0 Å². The third kappa shape index (κ3) is 0.992. The zero-order valence-corrected chi connectivity index (χ0v) is 4.32. The van der Waals surface area contributed by atoms with Crippen molar-refractivity contribution in [3.05, 3.63) is 23.8 Å². The highest BCUT2D eigenvalue weighted by Gasteiger charge is 1.97. The van der Waals surface area contributed by atoms with Gasteiger partial charge in [0.2, 0.25) is 0 Å². The molecule has 3 N–H and O–H groups in total. The molecular formula is C5H7FN2. The number of dihydropyridines is 1. The van der Waals surface area contributed by atoms with Crippen molar-refractivity contribution < 1.29 is 4.39 Å². The van der Waals surface area contributed by atoms with Gasteiger partial charge in [-0.15, -0.1) is 0 Å². The average molecular weight is 114 g/mol. The maximum Gasteiger partial charge on any atom is 0.187 e. The van der Waals surface area contributed by atoms with Crippen LogP contribution in [-0.4, -0.2) is 6.54 Å². The van der Waals surface area contributed by atoms with Crippen LogP contribution in [0.2, 0.25) is 0 Å². The number of hydrogen-bond donors (Lipinski definition) is 2. The van der Waals surface area contributed by atoms with Gasteiger partial charge in [0, 0.05) is 5.70 Å². The molecule has 0 bridgehead atoms. The lowest BCUT2D eigenvalue weighted by atomic mass is 10.3. The molecule has 0 aromatic heterocycles. The number of allylic oxidation sites excluding steroid dienone is 2. The summed E-state index contributed by atoms with van der Waals surface area (Å²) in [5.74, 6) is -0.320. The number of rotatable bonds is 0. The molecule has 1 aliphatic heterocycles. The van der Waals surface area contributed by atoms with Crippen LogP contribution >= 0.6 is 0 Å². The molecule has 1 aliphatic rings. The van der Waals surface area contributed by atoms with E-state index >= 15 is 0 Å². The van der Waals surface area contributed by atoms with Crippen LogP contribution in [0.15, 0.2) is 23.8 Å². The summed E-state index contributed by atoms with van der Waals surface area (Å²) in [6.45, 7) is 0.419. The second-order valence-corrected chi connectivity index (χ2v) is 1.61. The molecule has 2 nitrogen and oxygen atoms in total. The Morgan fingerprint density at radius 1 is 1.62 bits per heavy atom. The lowest BCUT2D eigenvalue weighted by Crippen LogP contribution is -2.21. The van der Waals surface area contributed by atoms with Gasteiger partial charge in [0.05, 0.1) is 6.54 Å². The Hall–Kier alpha value is -0.990. The smallest absolute Gasteiger partial charge is 0.187 e. The molecule has 1 rings (SSSR count). The summed E-state index contributed by atoms with van der Waals surface area (Å²) in [5, 5.41) is 2.43. The van der Waals surface area contributed by atoms with Gasteiger partial charge in [0.15, 0.2) is 5.95 Å². The Morgan fingerprint density at radius 2 is 2.38 bits per heavy atom. The predicted octanol–water partition coefficient (Wildman–Crippen LogP) is 0.243. The molecule has 0 unspecified atom stereocenters. The first-order valence-electron chi connectivity index (χ1n) is 2.35. The lowest BCUT2D eigenvalue weighted by molar-refractivity contribution is 0.550. The third-order valence-electron chi connectivity index (χ3n) is 0.905. The van der Waals surface area contributed by atoms with Crippen molar-refractivity contribution in [3.63, 3.8) is 0 Å². The van der Waals surface area contributed by atoms with E-state index in [0.29, 0.717) is 12.2 Å². The molecule has 1 heterocycles. The van der Waals surface area contributed by atoms with E-state index in [-0.39, 0.29) is 5.95 Å². The molecule has 0 radical (unpaired) electrons. The molecule has 0 saturated heterocycles. The topological polar surface area (TPSA) is 38.0 Å². The molecule has 0 atom stereocenters. The Kier molecular flexibility index (Phi) is 1.20. The summed E-state index contributed by atoms with van der Waals surface area (Å²) in [4.78, 5) is 0. The summed E-state index contributed by atoms with van der Waals surface area (Å²) in [7, 11) is 0. The fraction of sp³-hybridized carbons (Fsp3) is 0.200. The molecule has 8 heavy (non-hydrogen) atoms. The molecule has 0 amide bonds. The standard InChI is InChI=1S/C5H7FN2/c6-5-2-1-4(7)3-8-5/h1-2,8H,3,7H2. The van der Waals surface area contributed by atoms with Gasteiger partial charge in [-0.25, -0.2) is 0 Å². The summed E-state index contributed by atoms with van der Waals surface area (Å²) in [6, 6.07) is 0. The summed E-state index contributed by atoms with van der Waals surface area (Å²) >= 11 is 0. The maximum absolute atomic E-state index is 12.0. The van der Waals surface area contributed by atoms with E-state index in [2.05, 4.69) is 5.32 Å². The van der Waals surface area contributed by atoms with Crippen LogP contribution in [0.25, 0.3) is 0 Å². The van der Waals surface area contributed by atoms with Gasteiger partial charge in [0.1, 0.15) is 0 Å². The lowest BCUT2D eigenvalue weighted by Gasteiger charge is -2.06. The number of nitrogens with two attached hydrogens (primary N) is 1. The fourth-order valence-electron chi connectivity index (χ4n) is 0.485. The maximum atomic E-state index is 12.0. The van der Waals surface area contributed by atoms with Gasteiger partial charge in [-0.3, -0.25) is 0 Å². The van der Waals surface area contributed by atoms with E-state index < -0.39 is 0 Å². The van der Waals surface area contributed by atoms with E-state index in [4.69, 9.17) is 5.73 Å². The van der Waals surface area contributed by atoms with Crippen LogP contribution < -0.4 is 11.1 Å². The molecule has 44 valence electrons. The van der Waals surface area contributed by atoms with E-state index in [1.54, 1.807) is 6.08 Å². The first-order chi connectivity index (χ1) is 3.79. The Labute approximate surface area is 46.9 Å². The molecular weight excluding hydrogens is 107 g/mol. The molecule has 0 aromatic rings. The zero-order chi connectivity index (χ0) is 5.98. The monoisotopic (exact) mass is 114 g/mol. The van der Waals surface area contributed by atoms with E-state index in [0.717, 1.165) is 0 Å². The molecule has 0 aliphatic carbocycles. The SMILES string of the molecule is NC1=CC=C(F)NC1. The van der Waals surface area contributed by atoms with Crippen molar-refractivity contribution in [2.24, 2.45) is 5.73 Å². The first-order valence-corrected chi connectivity index (χ1v) is 2.35. The highest BCUT2D eigenvalue weighted by Crippen LogP contribution is 1.98. The minimum Gasteiger partial charge on any atom is -0.401 e. The first kappa shape index (κ1) is 5.15. The van der Waals surface area contributed by atoms with Gasteiger partial charge in [0.25, 0.3) is 0 Å². The zero-order valence-electron chi connectivity index (χ0n) is 4.32. The van der Waals surface area contributed by atoms with Crippen LogP contribution in [0.3, 0.4) is 0 Å². The van der Waals surface area contributed by atoms with Crippen molar-refractivity contribution in [1.82, 2.24) is 5.32 Å². The largest absolute Gasteiger partial charge is 0.401 e. The summed E-state index contributed by atoms with van der Waals surface area (Å²) in [6.07, 6.45) is 2.85. The van der Waals surface area contributed by atoms with Crippen LogP contribution in [0.4, 0.5) is 4.39 Å². The highest BCUT2D eigenvalue weighted by molar-refractivity contribution is 5.17. The number of halogens is 1. The summed E-state index contributed by atoms with van der Waals surface area (Å²) < 4.78 is 12.0. The quantitative estimate of drug-likeness (QED) is 0.443. The Bertz CT molecular complexity index is 131. The predicted molar refractivity (Wildman–Crippen MR) is 29.5 cm³/mol. The van der Waals surface area contributed by atoms with E-state index in [1.165, 1.54) is 6.08 Å². The Balaban J connectivity index is 2.65. The van der Waals surface area contributed by atoms with Gasteiger partial charge < -0.3 is 11.1 Å². The van der Waals surface area contributed by atoms with E-state index in [1.807, 2.05) is 0 Å². The molecule has 0 spiro atoms. The van der Waals surface area contributed by atoms with E-state index in [9.17, 15) is 4.39 Å². The number of nitrogens with one attached hydrogen (secondary N) is 1. The summed E-state index contributed by atoms with van der Waals surface area (Å²) in [5.41, 5.74) is 5.94. The second-order valence-electron chi connectivity index (χ2n) is 1.61. The Morgan fingerprint density at radius 3 is 2.75 bits per heavy atom. The average Bonchev–Trinajstić information content (AvgIpc) is 1.77.